The van der Waals surface area contributed by atoms with Crippen LogP contribution in [0.2, 0.25) is 0 Å². The lowest BCUT2D eigenvalue weighted by Crippen LogP contribution is -2.36. The Hall–Kier alpha value is -1.39. The average molecular weight is 251 g/mol. The fourth-order valence-corrected chi connectivity index (χ4v) is 1.99. The Kier molecular flexibility index (Phi) is 5.31. The predicted molar refractivity (Wildman–Crippen MR) is 70.8 cm³/mol. The zero-order chi connectivity index (χ0) is 13.7. The van der Waals surface area contributed by atoms with Crippen molar-refractivity contribution in [1.82, 2.24) is 4.90 Å². The molecule has 0 radical (unpaired) electrons. The van der Waals surface area contributed by atoms with Crippen molar-refractivity contribution >= 4 is 5.91 Å². The molecule has 0 aromatic heterocycles. The molecular formula is C14H21NO3. The quantitative estimate of drug-likeness (QED) is 0.860. The average Bonchev–Trinajstić information content (AvgIpc) is 2.28. The number of nitrogens with zero attached hydrogens (tertiary/aromatic N) is 1. The number of rotatable bonds is 5. The van der Waals surface area contributed by atoms with Gasteiger partial charge in [0, 0.05) is 26.3 Å². The van der Waals surface area contributed by atoms with Gasteiger partial charge in [-0.05, 0) is 25.0 Å². The molecule has 1 rings (SSSR count). The fraction of sp³-hybridized carbons (Fsp3) is 0.500. The van der Waals surface area contributed by atoms with Gasteiger partial charge in [0.15, 0.2) is 0 Å². The maximum absolute atomic E-state index is 12.3. The lowest BCUT2D eigenvalue weighted by Gasteiger charge is -2.22. The van der Waals surface area contributed by atoms with E-state index in [-0.39, 0.29) is 19.1 Å². The molecule has 1 aromatic carbocycles. The number of methoxy groups -OCH3 is 1. The van der Waals surface area contributed by atoms with Gasteiger partial charge in [-0.15, -0.1) is 0 Å². The zero-order valence-electron chi connectivity index (χ0n) is 11.4. The normalized spacial score (nSPS) is 12.3. The number of aryl methyl sites for hydroxylation is 2. The van der Waals surface area contributed by atoms with Gasteiger partial charge < -0.3 is 14.7 Å². The second-order valence-electron chi connectivity index (χ2n) is 4.56. The molecule has 4 heteroatoms. The van der Waals surface area contributed by atoms with E-state index in [9.17, 15) is 9.90 Å². The first-order valence-electron chi connectivity index (χ1n) is 5.96. The SMILES string of the molecule is COCC(O)CN(C)C(=O)c1c(C)cccc1C. The molecule has 0 aliphatic carbocycles. The van der Waals surface area contributed by atoms with E-state index >= 15 is 0 Å². The summed E-state index contributed by atoms with van der Waals surface area (Å²) in [5.74, 6) is -0.0687. The number of hydrogen-bond donors (Lipinski definition) is 1. The van der Waals surface area contributed by atoms with Crippen molar-refractivity contribution in [3.63, 3.8) is 0 Å². The van der Waals surface area contributed by atoms with Gasteiger partial charge >= 0.3 is 0 Å². The summed E-state index contributed by atoms with van der Waals surface area (Å²) in [5, 5.41) is 9.64. The third-order valence-electron chi connectivity index (χ3n) is 2.89. The van der Waals surface area contributed by atoms with Crippen molar-refractivity contribution in [2.24, 2.45) is 0 Å². The van der Waals surface area contributed by atoms with Gasteiger partial charge in [-0.2, -0.15) is 0 Å². The van der Waals surface area contributed by atoms with Gasteiger partial charge in [-0.1, -0.05) is 18.2 Å². The van der Waals surface area contributed by atoms with Crippen LogP contribution in [0.15, 0.2) is 18.2 Å². The van der Waals surface area contributed by atoms with Gasteiger partial charge in [0.25, 0.3) is 5.91 Å². The molecule has 1 amide bonds. The summed E-state index contributed by atoms with van der Waals surface area (Å²) in [6.07, 6.45) is -0.659. The van der Waals surface area contributed by atoms with Crippen LogP contribution in [0.3, 0.4) is 0 Å². The molecule has 18 heavy (non-hydrogen) atoms. The van der Waals surface area contributed by atoms with Crippen LogP contribution in [-0.2, 0) is 4.74 Å². The summed E-state index contributed by atoms with van der Waals surface area (Å²) in [5.41, 5.74) is 2.62. The first-order chi connectivity index (χ1) is 8.47. The van der Waals surface area contributed by atoms with Crippen LogP contribution in [0.1, 0.15) is 21.5 Å². The van der Waals surface area contributed by atoms with Crippen LogP contribution in [0.4, 0.5) is 0 Å². The molecule has 0 bridgehead atoms. The van der Waals surface area contributed by atoms with Crippen molar-refractivity contribution in [2.75, 3.05) is 27.3 Å². The molecule has 0 aliphatic heterocycles. The molecular weight excluding hydrogens is 230 g/mol. The Morgan fingerprint density at radius 2 is 1.94 bits per heavy atom. The lowest BCUT2D eigenvalue weighted by atomic mass is 10.0. The molecule has 1 atom stereocenters. The summed E-state index contributed by atoms with van der Waals surface area (Å²) < 4.78 is 4.85. The number of likely N-dealkylation sites (N-methyl/N-ethyl adjacent to an activating group) is 1. The van der Waals surface area contributed by atoms with E-state index in [0.29, 0.717) is 5.56 Å². The van der Waals surface area contributed by atoms with E-state index in [1.54, 1.807) is 7.05 Å². The first kappa shape index (κ1) is 14.7. The van der Waals surface area contributed by atoms with E-state index in [1.165, 1.54) is 12.0 Å². The Balaban J connectivity index is 2.81. The number of hydrogen-bond acceptors (Lipinski definition) is 3. The maximum Gasteiger partial charge on any atom is 0.254 e. The van der Waals surface area contributed by atoms with Crippen LogP contribution < -0.4 is 0 Å². The van der Waals surface area contributed by atoms with Gasteiger partial charge in [-0.3, -0.25) is 4.79 Å². The van der Waals surface area contributed by atoms with E-state index in [1.807, 2.05) is 32.0 Å². The molecule has 0 spiro atoms. The van der Waals surface area contributed by atoms with Crippen molar-refractivity contribution in [2.45, 2.75) is 20.0 Å². The molecule has 1 aromatic rings. The van der Waals surface area contributed by atoms with Gasteiger partial charge in [0.05, 0.1) is 12.7 Å². The molecule has 100 valence electrons. The fourth-order valence-electron chi connectivity index (χ4n) is 1.99. The second-order valence-corrected chi connectivity index (χ2v) is 4.56. The van der Waals surface area contributed by atoms with Crippen LogP contribution >= 0.6 is 0 Å². The van der Waals surface area contributed by atoms with E-state index < -0.39 is 6.10 Å². The molecule has 4 nitrogen and oxygen atoms in total. The van der Waals surface area contributed by atoms with E-state index in [2.05, 4.69) is 0 Å². The van der Waals surface area contributed by atoms with Gasteiger partial charge in [0.1, 0.15) is 0 Å². The number of carbonyl (C=O) groups is 1. The van der Waals surface area contributed by atoms with Crippen molar-refractivity contribution in [3.8, 4) is 0 Å². The van der Waals surface area contributed by atoms with Crippen molar-refractivity contribution in [1.29, 1.82) is 0 Å². The second kappa shape index (κ2) is 6.52. The highest BCUT2D eigenvalue weighted by atomic mass is 16.5. The minimum atomic E-state index is -0.659. The number of benzene rings is 1. The van der Waals surface area contributed by atoms with Crippen LogP contribution in [0.5, 0.6) is 0 Å². The summed E-state index contributed by atoms with van der Waals surface area (Å²) in [6, 6.07) is 5.76. The molecule has 0 fully saturated rings. The van der Waals surface area contributed by atoms with Crippen LogP contribution in [0, 0.1) is 13.8 Å². The standard InChI is InChI=1S/C14H21NO3/c1-10-6-5-7-11(2)13(10)14(17)15(3)8-12(16)9-18-4/h5-7,12,16H,8-9H2,1-4H3. The number of aliphatic hydroxyl groups is 1. The van der Waals surface area contributed by atoms with Crippen molar-refractivity contribution in [3.05, 3.63) is 34.9 Å². The Labute approximate surface area is 108 Å². The summed E-state index contributed by atoms with van der Waals surface area (Å²) in [7, 11) is 3.21. The van der Waals surface area contributed by atoms with Crippen molar-refractivity contribution < 1.29 is 14.6 Å². The van der Waals surface area contributed by atoms with Gasteiger partial charge in [0.2, 0.25) is 0 Å². The zero-order valence-corrected chi connectivity index (χ0v) is 11.4. The summed E-state index contributed by atoms with van der Waals surface area (Å²) in [4.78, 5) is 13.8. The summed E-state index contributed by atoms with van der Waals surface area (Å²) >= 11 is 0. The highest BCUT2D eigenvalue weighted by Gasteiger charge is 2.18. The van der Waals surface area contributed by atoms with Crippen LogP contribution in [-0.4, -0.2) is 49.3 Å². The van der Waals surface area contributed by atoms with E-state index in [4.69, 9.17) is 4.74 Å². The highest BCUT2D eigenvalue weighted by Crippen LogP contribution is 2.15. The molecule has 0 aliphatic rings. The number of amides is 1. The maximum atomic E-state index is 12.3. The van der Waals surface area contributed by atoms with Crippen LogP contribution in [0.25, 0.3) is 0 Å². The minimum Gasteiger partial charge on any atom is -0.389 e. The number of carbonyl (C=O) groups excluding carboxylic acids is 1. The minimum absolute atomic E-state index is 0.0687. The highest BCUT2D eigenvalue weighted by molar-refractivity contribution is 5.96. The third-order valence-corrected chi connectivity index (χ3v) is 2.89. The topological polar surface area (TPSA) is 49.8 Å². The lowest BCUT2D eigenvalue weighted by molar-refractivity contribution is 0.0379. The predicted octanol–water partition coefficient (Wildman–Crippen LogP) is 1.38. The Bertz CT molecular complexity index is 397. The Morgan fingerprint density at radius 1 is 1.39 bits per heavy atom. The smallest absolute Gasteiger partial charge is 0.254 e. The molecule has 1 unspecified atom stereocenters. The van der Waals surface area contributed by atoms with Gasteiger partial charge in [-0.25, -0.2) is 0 Å². The summed E-state index contributed by atoms with van der Waals surface area (Å²) in [6.45, 7) is 4.32. The number of aliphatic hydroxyl groups excluding tert-OH is 1. The van der Waals surface area contributed by atoms with E-state index in [0.717, 1.165) is 11.1 Å². The monoisotopic (exact) mass is 251 g/mol. The molecule has 0 heterocycles. The first-order valence-corrected chi connectivity index (χ1v) is 5.96. The molecule has 0 saturated heterocycles. The third kappa shape index (κ3) is 3.55. The number of ether oxygens (including phenoxy) is 1. The molecule has 1 N–H and O–H groups in total. The Morgan fingerprint density at radius 3 is 2.44 bits per heavy atom. The molecule has 0 saturated carbocycles. The largest absolute Gasteiger partial charge is 0.389 e.